The van der Waals surface area contributed by atoms with Crippen molar-refractivity contribution >= 4 is 60.2 Å². The molecule has 1 fully saturated rings. The van der Waals surface area contributed by atoms with Gasteiger partial charge in [0.15, 0.2) is 16.5 Å². The Balaban J connectivity index is 2.20. The van der Waals surface area contributed by atoms with Crippen LogP contribution in [-0.2, 0) is 14.8 Å². The van der Waals surface area contributed by atoms with E-state index >= 15 is 0 Å². The third-order valence-electron chi connectivity index (χ3n) is 2.86. The van der Waals surface area contributed by atoms with Crippen molar-refractivity contribution in [3.63, 3.8) is 0 Å². The van der Waals surface area contributed by atoms with Crippen molar-refractivity contribution in [1.82, 2.24) is 9.62 Å². The van der Waals surface area contributed by atoms with Crippen LogP contribution in [0.2, 0.25) is 0 Å². The van der Waals surface area contributed by atoms with Gasteiger partial charge in [-0.3, -0.25) is 4.79 Å². The topological polar surface area (TPSA) is 79.6 Å². The number of fused-ring (bicyclic) bond motifs is 1. The zero-order chi connectivity index (χ0) is 15.4. The monoisotopic (exact) mass is 392 g/mol. The number of nitrogens with zero attached hydrogens (tertiary/aromatic N) is 1. The largest absolute Gasteiger partial charge is 0.439 e. The van der Waals surface area contributed by atoms with Crippen LogP contribution in [0.5, 0.6) is 0 Å². The summed E-state index contributed by atoms with van der Waals surface area (Å²) in [4.78, 5) is 11.2. The molecule has 0 aliphatic carbocycles. The maximum absolute atomic E-state index is 13.7. The van der Waals surface area contributed by atoms with Gasteiger partial charge < -0.3 is 9.73 Å². The highest BCUT2D eigenvalue weighted by Crippen LogP contribution is 2.36. The summed E-state index contributed by atoms with van der Waals surface area (Å²) in [6, 6.07) is 4.09. The zero-order valence-corrected chi connectivity index (χ0v) is 13.3. The lowest BCUT2D eigenvalue weighted by Crippen LogP contribution is -2.33. The Hall–Kier alpha value is -1.52. The summed E-state index contributed by atoms with van der Waals surface area (Å²) in [6.45, 7) is -0.437. The Morgan fingerprint density at radius 3 is 2.71 bits per heavy atom. The first kappa shape index (κ1) is 14.4. The van der Waals surface area contributed by atoms with E-state index in [1.807, 2.05) is 0 Å². The van der Waals surface area contributed by atoms with Crippen LogP contribution in [-0.4, -0.2) is 30.3 Å². The van der Waals surface area contributed by atoms with Crippen molar-refractivity contribution in [2.75, 3.05) is 6.54 Å². The number of nitrogens with one attached hydrogen (secondary N) is 1. The van der Waals surface area contributed by atoms with E-state index in [0.717, 1.165) is 6.07 Å². The fourth-order valence-electron chi connectivity index (χ4n) is 1.92. The predicted molar refractivity (Wildman–Crippen MR) is 78.5 cm³/mol. The number of halogens is 2. The van der Waals surface area contributed by atoms with E-state index in [0.29, 0.717) is 4.31 Å². The van der Waals surface area contributed by atoms with Crippen LogP contribution in [0.4, 0.5) is 4.39 Å². The number of para-hydroxylation sites is 1. The number of amides is 1. The summed E-state index contributed by atoms with van der Waals surface area (Å²) < 4.78 is 44.6. The predicted octanol–water partition coefficient (Wildman–Crippen LogP) is 1.74. The molecule has 1 saturated heterocycles. The first-order valence-corrected chi connectivity index (χ1v) is 8.19. The summed E-state index contributed by atoms with van der Waals surface area (Å²) in [5.41, 5.74) is -0.188. The number of thiocarbonyl (C=S) groups is 1. The smallest absolute Gasteiger partial charge is 0.301 e. The van der Waals surface area contributed by atoms with Gasteiger partial charge >= 0.3 is 10.0 Å². The Morgan fingerprint density at radius 2 is 2.14 bits per heavy atom. The molecule has 10 heteroatoms. The van der Waals surface area contributed by atoms with Crippen LogP contribution >= 0.6 is 28.1 Å². The van der Waals surface area contributed by atoms with Crippen molar-refractivity contribution in [2.45, 2.75) is 5.09 Å². The van der Waals surface area contributed by atoms with Crippen LogP contribution in [0.3, 0.4) is 0 Å². The molecule has 0 radical (unpaired) electrons. The average Bonchev–Trinajstić information content (AvgIpc) is 2.92. The van der Waals surface area contributed by atoms with Crippen LogP contribution in [0, 0.1) is 5.82 Å². The molecule has 1 aromatic carbocycles. The highest BCUT2D eigenvalue weighted by molar-refractivity contribution is 9.10. The molecule has 0 bridgehead atoms. The Bertz CT molecular complexity index is 893. The van der Waals surface area contributed by atoms with Gasteiger partial charge in [-0.2, -0.15) is 8.42 Å². The van der Waals surface area contributed by atoms with Crippen molar-refractivity contribution in [2.24, 2.45) is 0 Å². The molecule has 0 saturated carbocycles. The fourth-order valence-corrected chi connectivity index (χ4v) is 4.67. The van der Waals surface area contributed by atoms with Gasteiger partial charge in [0.25, 0.3) is 5.09 Å². The molecule has 1 aliphatic heterocycles. The molecule has 21 heavy (non-hydrogen) atoms. The fraction of sp³-hybridized carbons (Fsp3) is 0.0909. The third kappa shape index (κ3) is 2.14. The lowest BCUT2D eigenvalue weighted by atomic mass is 10.2. The number of carbonyl (C=O) groups is 1. The van der Waals surface area contributed by atoms with E-state index in [1.165, 1.54) is 12.1 Å². The molecule has 1 aromatic heterocycles. The summed E-state index contributed by atoms with van der Waals surface area (Å²) in [6.07, 6.45) is 0. The maximum atomic E-state index is 13.7. The Labute approximate surface area is 132 Å². The SMILES string of the molecule is O=C1CN(S(=O)(=O)c2oc3c(F)cccc3c2Br)C(=S)N1. The van der Waals surface area contributed by atoms with Gasteiger partial charge in [0, 0.05) is 5.39 Å². The number of benzene rings is 1. The van der Waals surface area contributed by atoms with Crippen LogP contribution in [0.1, 0.15) is 0 Å². The highest BCUT2D eigenvalue weighted by Gasteiger charge is 2.38. The van der Waals surface area contributed by atoms with Crippen LogP contribution in [0.15, 0.2) is 32.2 Å². The lowest BCUT2D eigenvalue weighted by molar-refractivity contribution is -0.118. The van der Waals surface area contributed by atoms with Gasteiger partial charge in [0.2, 0.25) is 5.91 Å². The van der Waals surface area contributed by atoms with Crippen LogP contribution in [0.25, 0.3) is 11.0 Å². The number of carbonyl (C=O) groups excluding carboxylic acids is 1. The molecule has 6 nitrogen and oxygen atoms in total. The summed E-state index contributed by atoms with van der Waals surface area (Å²) in [7, 11) is -4.20. The number of hydrogen-bond acceptors (Lipinski definition) is 5. The van der Waals surface area contributed by atoms with Gasteiger partial charge in [-0.05, 0) is 40.3 Å². The van der Waals surface area contributed by atoms with E-state index in [9.17, 15) is 17.6 Å². The Morgan fingerprint density at radius 1 is 1.43 bits per heavy atom. The lowest BCUT2D eigenvalue weighted by Gasteiger charge is -2.13. The van der Waals surface area contributed by atoms with Crippen molar-refractivity contribution in [3.8, 4) is 0 Å². The second kappa shape index (κ2) is 4.75. The van der Waals surface area contributed by atoms with E-state index in [2.05, 4.69) is 21.2 Å². The molecule has 1 amide bonds. The number of furan rings is 1. The molecule has 2 aromatic rings. The molecule has 2 heterocycles. The molecule has 3 rings (SSSR count). The molecule has 1 N–H and O–H groups in total. The second-order valence-corrected chi connectivity index (χ2v) is 7.13. The van der Waals surface area contributed by atoms with Crippen molar-refractivity contribution in [3.05, 3.63) is 28.5 Å². The number of sulfonamides is 1. The summed E-state index contributed by atoms with van der Waals surface area (Å²) in [5, 5.41) is 1.75. The van der Waals surface area contributed by atoms with E-state index in [4.69, 9.17) is 16.6 Å². The number of rotatable bonds is 2. The minimum absolute atomic E-state index is 0.0825. The molecule has 1 aliphatic rings. The third-order valence-corrected chi connectivity index (χ3v) is 6.00. The molecular weight excluding hydrogens is 387 g/mol. The van der Waals surface area contributed by atoms with Gasteiger partial charge in [0.05, 0.1) is 4.47 Å². The maximum Gasteiger partial charge on any atom is 0.301 e. The second-order valence-electron chi connectivity index (χ2n) is 4.19. The Kier molecular flexibility index (Phi) is 3.26. The van der Waals surface area contributed by atoms with E-state index < -0.39 is 33.4 Å². The van der Waals surface area contributed by atoms with Crippen LogP contribution < -0.4 is 5.32 Å². The highest BCUT2D eigenvalue weighted by atomic mass is 79.9. The quantitative estimate of drug-likeness (QED) is 0.787. The minimum Gasteiger partial charge on any atom is -0.439 e. The van der Waals surface area contributed by atoms with Gasteiger partial charge in [-0.1, -0.05) is 6.07 Å². The van der Waals surface area contributed by atoms with Gasteiger partial charge in [-0.15, -0.1) is 0 Å². The van der Waals surface area contributed by atoms with Gasteiger partial charge in [-0.25, -0.2) is 8.70 Å². The molecule has 0 atom stereocenters. The van der Waals surface area contributed by atoms with Crippen molar-refractivity contribution in [1.29, 1.82) is 0 Å². The molecule has 0 unspecified atom stereocenters. The normalized spacial score (nSPS) is 15.8. The minimum atomic E-state index is -4.20. The molecule has 0 spiro atoms. The summed E-state index contributed by atoms with van der Waals surface area (Å²) in [5.74, 6) is -1.23. The zero-order valence-electron chi connectivity index (χ0n) is 10.1. The summed E-state index contributed by atoms with van der Waals surface area (Å²) >= 11 is 7.89. The van der Waals surface area contributed by atoms with E-state index in [-0.39, 0.29) is 20.6 Å². The number of hydrogen-bond donors (Lipinski definition) is 1. The van der Waals surface area contributed by atoms with E-state index in [1.54, 1.807) is 0 Å². The molecular formula is C11H6BrFN2O4S2. The van der Waals surface area contributed by atoms with Crippen molar-refractivity contribution < 1.29 is 22.0 Å². The molecule has 110 valence electrons. The first-order valence-electron chi connectivity index (χ1n) is 5.55. The average molecular weight is 393 g/mol. The van der Waals surface area contributed by atoms with Gasteiger partial charge in [0.1, 0.15) is 6.54 Å². The first-order chi connectivity index (χ1) is 9.82. The standard InChI is InChI=1S/C11H6BrFN2O4S2/c12-8-5-2-1-3-6(13)9(5)19-10(8)21(17,18)15-4-7(16)14-11(15)20/h1-3H,4H2,(H,14,16,20).